The number of hydrogen-bond donors (Lipinski definition) is 0. The maximum atomic E-state index is 10.6. The first-order chi connectivity index (χ1) is 4.34. The predicted octanol–water partition coefficient (Wildman–Crippen LogP) is -0.216. The van der Waals surface area contributed by atoms with E-state index in [-0.39, 0.29) is 5.91 Å². The number of carbonyl (C=O) groups is 1. The Morgan fingerprint density at radius 1 is 1.78 bits per heavy atom. The molecule has 0 unspecified atom stereocenters. The molecule has 0 spiro atoms. The third-order valence-electron chi connectivity index (χ3n) is 1.10. The van der Waals surface area contributed by atoms with Crippen molar-refractivity contribution in [2.24, 2.45) is 0 Å². The van der Waals surface area contributed by atoms with Gasteiger partial charge in [-0.3, -0.25) is 9.63 Å². The van der Waals surface area contributed by atoms with Gasteiger partial charge in [0.25, 0.3) is 0 Å². The molecule has 0 radical (unpaired) electrons. The van der Waals surface area contributed by atoms with E-state index in [9.17, 15) is 4.79 Å². The molecular formula is C6H7NO2. The van der Waals surface area contributed by atoms with Crippen LogP contribution in [-0.4, -0.2) is 24.1 Å². The number of rotatable bonds is 0. The highest BCUT2D eigenvalue weighted by atomic mass is 16.7. The number of hydrogen-bond acceptors (Lipinski definition) is 2. The van der Waals surface area contributed by atoms with Gasteiger partial charge in [-0.05, 0) is 12.3 Å². The summed E-state index contributed by atoms with van der Waals surface area (Å²) in [5.74, 6) is 1.59. The number of hydroxylamine groups is 2. The summed E-state index contributed by atoms with van der Waals surface area (Å²) < 4.78 is 0. The van der Waals surface area contributed by atoms with Crippen molar-refractivity contribution in [2.75, 3.05) is 13.2 Å². The second kappa shape index (κ2) is 2.51. The van der Waals surface area contributed by atoms with E-state index in [4.69, 9.17) is 11.3 Å². The standard InChI is InChI=1S/C6H7NO2/c1-2-6(8)7-4-3-5-9-7/h1H,3-5H2. The maximum absolute atomic E-state index is 10.6. The summed E-state index contributed by atoms with van der Waals surface area (Å²) >= 11 is 0. The van der Waals surface area contributed by atoms with Gasteiger partial charge in [-0.25, -0.2) is 5.06 Å². The van der Waals surface area contributed by atoms with E-state index in [1.165, 1.54) is 5.06 Å². The first-order valence-corrected chi connectivity index (χ1v) is 2.75. The van der Waals surface area contributed by atoms with E-state index in [0.717, 1.165) is 6.42 Å². The lowest BCUT2D eigenvalue weighted by atomic mass is 10.5. The molecule has 1 rings (SSSR count). The van der Waals surface area contributed by atoms with Crippen molar-refractivity contribution >= 4 is 5.91 Å². The number of terminal acetylenes is 1. The maximum Gasteiger partial charge on any atom is 0.321 e. The van der Waals surface area contributed by atoms with Gasteiger partial charge in [0.05, 0.1) is 13.2 Å². The molecule has 1 aliphatic heterocycles. The normalized spacial score (nSPS) is 17.4. The molecule has 3 heteroatoms. The molecule has 0 bridgehead atoms. The van der Waals surface area contributed by atoms with E-state index in [0.29, 0.717) is 13.2 Å². The zero-order chi connectivity index (χ0) is 6.69. The van der Waals surface area contributed by atoms with E-state index in [2.05, 4.69) is 0 Å². The van der Waals surface area contributed by atoms with Crippen molar-refractivity contribution in [1.82, 2.24) is 5.06 Å². The SMILES string of the molecule is C#CC(=O)N1CCCO1. The fraction of sp³-hybridized carbons (Fsp3) is 0.500. The van der Waals surface area contributed by atoms with E-state index in [1.54, 1.807) is 0 Å². The summed E-state index contributed by atoms with van der Waals surface area (Å²) in [7, 11) is 0. The topological polar surface area (TPSA) is 29.5 Å². The van der Waals surface area contributed by atoms with Crippen LogP contribution in [0.1, 0.15) is 6.42 Å². The molecule has 0 saturated carbocycles. The van der Waals surface area contributed by atoms with E-state index in [1.807, 2.05) is 5.92 Å². The molecule has 1 saturated heterocycles. The van der Waals surface area contributed by atoms with Gasteiger partial charge in [0, 0.05) is 0 Å². The van der Waals surface area contributed by atoms with Crippen molar-refractivity contribution in [2.45, 2.75) is 6.42 Å². The molecule has 0 aromatic carbocycles. The number of nitrogens with zero attached hydrogens (tertiary/aromatic N) is 1. The molecule has 0 aromatic rings. The van der Waals surface area contributed by atoms with Crippen molar-refractivity contribution < 1.29 is 9.63 Å². The lowest BCUT2D eigenvalue weighted by Crippen LogP contribution is -2.24. The van der Waals surface area contributed by atoms with Gasteiger partial charge >= 0.3 is 5.91 Å². The molecule has 3 nitrogen and oxygen atoms in total. The molecule has 0 N–H and O–H groups in total. The summed E-state index contributed by atoms with van der Waals surface area (Å²) in [5, 5.41) is 1.21. The lowest BCUT2D eigenvalue weighted by molar-refractivity contribution is -0.161. The second-order valence-corrected chi connectivity index (χ2v) is 1.74. The molecule has 1 amide bonds. The fourth-order valence-corrected chi connectivity index (χ4v) is 0.680. The average Bonchev–Trinajstić information content (AvgIpc) is 2.37. The fourth-order valence-electron chi connectivity index (χ4n) is 0.680. The van der Waals surface area contributed by atoms with Crippen LogP contribution in [0.2, 0.25) is 0 Å². The van der Waals surface area contributed by atoms with Crippen LogP contribution in [0.25, 0.3) is 0 Å². The smallest absolute Gasteiger partial charge is 0.270 e. The Balaban J connectivity index is 2.44. The zero-order valence-electron chi connectivity index (χ0n) is 4.96. The molecule has 0 aliphatic carbocycles. The highest BCUT2D eigenvalue weighted by Gasteiger charge is 2.16. The van der Waals surface area contributed by atoms with Gasteiger partial charge in [0.2, 0.25) is 0 Å². The summed E-state index contributed by atoms with van der Waals surface area (Å²) in [4.78, 5) is 15.4. The Morgan fingerprint density at radius 3 is 3.00 bits per heavy atom. The van der Waals surface area contributed by atoms with Gasteiger partial charge < -0.3 is 0 Å². The molecular weight excluding hydrogens is 118 g/mol. The third kappa shape index (κ3) is 1.21. The predicted molar refractivity (Wildman–Crippen MR) is 31.1 cm³/mol. The highest BCUT2D eigenvalue weighted by molar-refractivity contribution is 5.92. The minimum absolute atomic E-state index is 0.382. The van der Waals surface area contributed by atoms with Gasteiger partial charge in [-0.15, -0.1) is 6.42 Å². The van der Waals surface area contributed by atoms with Crippen LogP contribution in [0.15, 0.2) is 0 Å². The van der Waals surface area contributed by atoms with Gasteiger partial charge in [0.15, 0.2) is 0 Å². The quantitative estimate of drug-likeness (QED) is 0.419. The van der Waals surface area contributed by atoms with Crippen LogP contribution in [0.4, 0.5) is 0 Å². The summed E-state index contributed by atoms with van der Waals surface area (Å²) in [6.45, 7) is 1.23. The minimum atomic E-state index is -0.382. The molecule has 0 atom stereocenters. The van der Waals surface area contributed by atoms with E-state index >= 15 is 0 Å². The third-order valence-corrected chi connectivity index (χ3v) is 1.10. The first kappa shape index (κ1) is 6.12. The van der Waals surface area contributed by atoms with Crippen molar-refractivity contribution in [3.63, 3.8) is 0 Å². The van der Waals surface area contributed by atoms with Crippen LogP contribution in [0.3, 0.4) is 0 Å². The highest BCUT2D eigenvalue weighted by Crippen LogP contribution is 2.02. The Bertz CT molecular complexity index is 153. The summed E-state index contributed by atoms with van der Waals surface area (Å²) in [5.41, 5.74) is 0. The lowest BCUT2D eigenvalue weighted by Gasteiger charge is -2.07. The van der Waals surface area contributed by atoms with Crippen LogP contribution in [0, 0.1) is 12.3 Å². The molecule has 1 fully saturated rings. The van der Waals surface area contributed by atoms with Crippen LogP contribution >= 0.6 is 0 Å². The van der Waals surface area contributed by atoms with Crippen LogP contribution in [-0.2, 0) is 9.63 Å². The molecule has 1 heterocycles. The van der Waals surface area contributed by atoms with Crippen LogP contribution < -0.4 is 0 Å². The Hall–Kier alpha value is -1.01. The molecule has 0 aromatic heterocycles. The Labute approximate surface area is 53.5 Å². The molecule has 48 valence electrons. The second-order valence-electron chi connectivity index (χ2n) is 1.74. The van der Waals surface area contributed by atoms with Crippen LogP contribution in [0.5, 0.6) is 0 Å². The Kier molecular flexibility index (Phi) is 1.71. The van der Waals surface area contributed by atoms with Gasteiger partial charge in [-0.2, -0.15) is 0 Å². The zero-order valence-corrected chi connectivity index (χ0v) is 4.96. The van der Waals surface area contributed by atoms with Gasteiger partial charge in [0.1, 0.15) is 0 Å². The van der Waals surface area contributed by atoms with E-state index < -0.39 is 0 Å². The molecule has 1 aliphatic rings. The summed E-state index contributed by atoms with van der Waals surface area (Å²) in [6.07, 6.45) is 5.71. The van der Waals surface area contributed by atoms with Crippen molar-refractivity contribution in [3.05, 3.63) is 0 Å². The first-order valence-electron chi connectivity index (χ1n) is 2.75. The Morgan fingerprint density at radius 2 is 2.56 bits per heavy atom. The average molecular weight is 125 g/mol. The van der Waals surface area contributed by atoms with Crippen molar-refractivity contribution in [1.29, 1.82) is 0 Å². The number of carbonyl (C=O) groups excluding carboxylic acids is 1. The van der Waals surface area contributed by atoms with Gasteiger partial charge in [-0.1, -0.05) is 0 Å². The number of amides is 1. The summed E-state index contributed by atoms with van der Waals surface area (Å²) in [6, 6.07) is 0. The minimum Gasteiger partial charge on any atom is -0.270 e. The largest absolute Gasteiger partial charge is 0.321 e. The van der Waals surface area contributed by atoms with Crippen molar-refractivity contribution in [3.8, 4) is 12.3 Å². The molecule has 9 heavy (non-hydrogen) atoms. The monoisotopic (exact) mass is 125 g/mol.